The second kappa shape index (κ2) is 16.3. The molecule has 3 saturated heterocycles. The summed E-state index contributed by atoms with van der Waals surface area (Å²) in [6.45, 7) is 8.11. The summed E-state index contributed by atoms with van der Waals surface area (Å²) in [5.74, 6) is -3.41. The Labute approximate surface area is 346 Å². The van der Waals surface area contributed by atoms with Crippen LogP contribution in [0.4, 0.5) is 5.69 Å². The Morgan fingerprint density at radius 3 is 2.64 bits per heavy atom. The molecule has 0 saturated carbocycles. The third kappa shape index (κ3) is 7.35. The number of phenols is 2. The van der Waals surface area contributed by atoms with Crippen LogP contribution in [0.1, 0.15) is 75.8 Å². The van der Waals surface area contributed by atoms with Gasteiger partial charge in [-0.1, -0.05) is 29.9 Å². The molecule has 1 unspecified atom stereocenters. The van der Waals surface area contributed by atoms with Crippen LogP contribution < -0.4 is 10.1 Å². The number of hydrogen-bond acceptors (Lipinski definition) is 17. The van der Waals surface area contributed by atoms with E-state index >= 15 is 0 Å². The first-order valence-corrected chi connectivity index (χ1v) is 21.3. The van der Waals surface area contributed by atoms with Crippen molar-refractivity contribution in [2.45, 2.75) is 92.1 Å². The van der Waals surface area contributed by atoms with Crippen molar-refractivity contribution < 1.29 is 62.9 Å². The van der Waals surface area contributed by atoms with Gasteiger partial charge in [0.25, 0.3) is 5.91 Å². The number of ketones is 2. The van der Waals surface area contributed by atoms with E-state index in [0.29, 0.717) is 28.6 Å². The number of aromatic hydroxyl groups is 2. The van der Waals surface area contributed by atoms with Crippen molar-refractivity contribution in [3.05, 3.63) is 75.1 Å². The van der Waals surface area contributed by atoms with Crippen LogP contribution in [-0.4, -0.2) is 136 Å². The van der Waals surface area contributed by atoms with Crippen molar-refractivity contribution in [3.63, 3.8) is 0 Å². The number of amides is 1. The summed E-state index contributed by atoms with van der Waals surface area (Å²) in [6, 6.07) is 7.55. The minimum Gasteiger partial charge on any atom is -0.619 e. The molecule has 5 aliphatic rings. The Balaban J connectivity index is 1.09. The molecule has 17 nitrogen and oxygen atoms in total. The van der Waals surface area contributed by atoms with Gasteiger partial charge in [-0.2, -0.15) is 4.74 Å². The zero-order valence-corrected chi connectivity index (χ0v) is 34.2. The number of hydrogen-bond donors (Lipinski definition) is 4. The van der Waals surface area contributed by atoms with Crippen LogP contribution >= 0.6 is 21.6 Å². The largest absolute Gasteiger partial charge is 0.619 e. The van der Waals surface area contributed by atoms with Crippen molar-refractivity contribution in [2.75, 3.05) is 33.9 Å². The molecule has 19 heteroatoms. The summed E-state index contributed by atoms with van der Waals surface area (Å²) >= 11 is 0. The van der Waals surface area contributed by atoms with Crippen LogP contribution in [0, 0.1) is 5.21 Å². The predicted molar refractivity (Wildman–Crippen MR) is 212 cm³/mol. The molecule has 1 amide bonds. The summed E-state index contributed by atoms with van der Waals surface area (Å²) in [5.41, 5.74) is -3.05. The highest BCUT2D eigenvalue weighted by atomic mass is 33.1. The summed E-state index contributed by atoms with van der Waals surface area (Å²) in [6.07, 6.45) is -3.43. The first-order chi connectivity index (χ1) is 28.2. The number of aliphatic hydroxyl groups is 1. The third-order valence-electron chi connectivity index (χ3n) is 11.5. The number of benzene rings is 2. The maximum Gasteiger partial charge on any atom is 0.252 e. The van der Waals surface area contributed by atoms with Gasteiger partial charge in [-0.25, -0.2) is 4.98 Å². The van der Waals surface area contributed by atoms with Gasteiger partial charge in [-0.05, 0) is 29.9 Å². The van der Waals surface area contributed by atoms with Crippen LogP contribution in [0.3, 0.4) is 0 Å². The second-order valence-corrected chi connectivity index (χ2v) is 17.8. The molecule has 3 aliphatic heterocycles. The minimum atomic E-state index is -2.22. The van der Waals surface area contributed by atoms with Crippen molar-refractivity contribution in [3.8, 4) is 17.2 Å². The quantitative estimate of drug-likeness (QED) is 0.0424. The van der Waals surface area contributed by atoms with Gasteiger partial charge in [0, 0.05) is 73.5 Å². The van der Waals surface area contributed by atoms with Crippen LogP contribution in [0.15, 0.2) is 41.6 Å². The topological polar surface area (TPSA) is 222 Å². The molecule has 0 spiro atoms. The van der Waals surface area contributed by atoms with Gasteiger partial charge in [-0.15, -0.1) is 0 Å². The van der Waals surface area contributed by atoms with E-state index in [1.807, 2.05) is 13.8 Å². The summed E-state index contributed by atoms with van der Waals surface area (Å²) in [4.78, 5) is 48.6. The number of ether oxygens (including phenoxy) is 6. The van der Waals surface area contributed by atoms with E-state index in [1.54, 1.807) is 19.2 Å². The van der Waals surface area contributed by atoms with Gasteiger partial charge < -0.3 is 54.3 Å². The number of morpholine rings is 1. The molecular weight excluding hydrogens is 809 g/mol. The second-order valence-electron chi connectivity index (χ2n) is 15.1. The molecule has 59 heavy (non-hydrogen) atoms. The van der Waals surface area contributed by atoms with Crippen LogP contribution in [0.5, 0.6) is 17.2 Å². The summed E-state index contributed by atoms with van der Waals surface area (Å²) in [7, 11) is 5.64. The number of aromatic nitrogens is 1. The van der Waals surface area contributed by atoms with Gasteiger partial charge in [0.05, 0.1) is 42.6 Å². The fraction of sp³-hybridized carbons (Fsp3) is 0.475. The van der Waals surface area contributed by atoms with Gasteiger partial charge >= 0.3 is 0 Å². The standard InChI is InChI=1S/C40H44N4O13S2/c1-18(58-59-26-10-9-20(17-41-26)43(3)51)16-42-39(49)40(50)14-22-29(35(48)31-30(33(22)46)32(45)21-7-6-8-24(52-4)28(21)34(31)47)25(15-40)56-27-13-23-36(19(2)55-27)57-37-38(53-5)54-12-11-44(23)37/h6-10,17-19,23,25,27,36-38,46,48,50H,3,11-16H2,1-2,4-5H3,(H,42,49)/t18?,19-,23-,25-,27-,36+,37+,38-,40-/m0/s1. The highest BCUT2D eigenvalue weighted by Crippen LogP contribution is 2.53. The molecule has 314 valence electrons. The van der Waals surface area contributed by atoms with E-state index in [4.69, 9.17) is 28.4 Å². The number of carbonyl (C=O) groups excluding carboxylic acids is 3. The zero-order chi connectivity index (χ0) is 41.9. The molecule has 1 aromatic heterocycles. The first-order valence-electron chi connectivity index (χ1n) is 19.1. The first kappa shape index (κ1) is 41.4. The fourth-order valence-corrected chi connectivity index (χ4v) is 10.6. The fourth-order valence-electron chi connectivity index (χ4n) is 8.64. The van der Waals surface area contributed by atoms with Crippen molar-refractivity contribution in [2.24, 2.45) is 0 Å². The molecule has 9 atom stereocenters. The highest BCUT2D eigenvalue weighted by molar-refractivity contribution is 8.76. The number of rotatable bonds is 11. The van der Waals surface area contributed by atoms with Crippen LogP contribution in [-0.2, 0) is 34.9 Å². The summed E-state index contributed by atoms with van der Waals surface area (Å²) < 4.78 is 36.4. The average Bonchev–Trinajstić information content (AvgIpc) is 3.61. The van der Waals surface area contributed by atoms with E-state index in [0.717, 1.165) is 0 Å². The number of fused-ring (bicyclic) bond motifs is 6. The molecule has 3 fully saturated rings. The average molecular weight is 853 g/mol. The van der Waals surface area contributed by atoms with Gasteiger partial charge in [0.1, 0.15) is 46.9 Å². The third-order valence-corrected chi connectivity index (χ3v) is 14.2. The Morgan fingerprint density at radius 2 is 1.93 bits per heavy atom. The Bertz CT molecular complexity index is 2190. The minimum absolute atomic E-state index is 0.0339. The maximum atomic E-state index is 14.2. The number of nitrogens with zero attached hydrogens (tertiary/aromatic N) is 3. The number of nitrogens with one attached hydrogen (secondary N) is 1. The highest BCUT2D eigenvalue weighted by Gasteiger charge is 2.55. The lowest BCUT2D eigenvalue weighted by molar-refractivity contribution is -0.350. The molecule has 2 aliphatic carbocycles. The molecule has 0 bridgehead atoms. The van der Waals surface area contributed by atoms with Crippen molar-refractivity contribution in [1.29, 1.82) is 0 Å². The lowest BCUT2D eigenvalue weighted by Crippen LogP contribution is -2.55. The lowest BCUT2D eigenvalue weighted by Gasteiger charge is -2.43. The predicted octanol–water partition coefficient (Wildman–Crippen LogP) is 3.33. The number of methoxy groups -OCH3 is 2. The summed E-state index contributed by atoms with van der Waals surface area (Å²) in [5, 5.41) is 50.9. The monoisotopic (exact) mass is 852 g/mol. The van der Waals surface area contributed by atoms with Gasteiger partial charge in [0.2, 0.25) is 11.5 Å². The van der Waals surface area contributed by atoms with E-state index in [2.05, 4.69) is 21.9 Å². The number of phenolic OH excluding ortho intramolecular Hbond substituents is 2. The molecule has 3 aromatic rings. The molecule has 4 N–H and O–H groups in total. The molecular formula is C40H44N4O13S2. The molecule has 8 rings (SSSR count). The molecule has 2 aromatic carbocycles. The Kier molecular flexibility index (Phi) is 11.4. The number of carbonyl (C=O) groups is 3. The normalized spacial score (nSPS) is 29.1. The maximum absolute atomic E-state index is 14.2. The van der Waals surface area contributed by atoms with E-state index in [9.17, 15) is 34.9 Å². The van der Waals surface area contributed by atoms with E-state index < -0.39 is 89.6 Å². The SMILES string of the molecule is C=[N+]([O-])c1ccc(SSC(C)CNC(=O)[C@]2(O)Cc3c(O)c4c(c(O)c3[C@@H](O[C@H]3C[C@H]5[C@H](O[C@@H]6[C@@H](OC)OCCN65)[C@H](C)O3)C2)C(=O)c2c(OC)cccc2C4=O)nc1. The Morgan fingerprint density at radius 1 is 1.15 bits per heavy atom. The zero-order valence-electron chi connectivity index (χ0n) is 32.6. The van der Waals surface area contributed by atoms with Gasteiger partial charge in [-0.3, -0.25) is 19.3 Å². The van der Waals surface area contributed by atoms with Crippen molar-refractivity contribution in [1.82, 2.24) is 15.2 Å². The number of pyridine rings is 1. The smallest absolute Gasteiger partial charge is 0.252 e. The van der Waals surface area contributed by atoms with Gasteiger partial charge in [0.15, 0.2) is 24.6 Å². The molecule has 0 radical (unpaired) electrons. The Hall–Kier alpha value is -4.31. The van der Waals surface area contributed by atoms with Crippen molar-refractivity contribution >= 4 is 51.5 Å². The molecule has 4 heterocycles. The lowest BCUT2D eigenvalue weighted by atomic mass is 9.72. The van der Waals surface area contributed by atoms with E-state index in [1.165, 1.54) is 53.1 Å². The van der Waals surface area contributed by atoms with E-state index in [-0.39, 0.29) is 58.4 Å². The van der Waals surface area contributed by atoms with Crippen LogP contribution in [0.25, 0.3) is 0 Å². The van der Waals surface area contributed by atoms with Crippen LogP contribution in [0.2, 0.25) is 0 Å².